The summed E-state index contributed by atoms with van der Waals surface area (Å²) in [6, 6.07) is 8.41. The lowest BCUT2D eigenvalue weighted by atomic mass is 9.85. The molecule has 1 N–H and O–H groups in total. The van der Waals surface area contributed by atoms with Crippen LogP contribution in [-0.2, 0) is 0 Å². The van der Waals surface area contributed by atoms with Crippen molar-refractivity contribution < 1.29 is 9.21 Å². The van der Waals surface area contributed by atoms with Gasteiger partial charge in [-0.3, -0.25) is 4.79 Å². The summed E-state index contributed by atoms with van der Waals surface area (Å²) in [6.07, 6.45) is 6.06. The molecule has 110 valence electrons. The van der Waals surface area contributed by atoms with Crippen molar-refractivity contribution in [3.05, 3.63) is 35.6 Å². The first kappa shape index (κ1) is 13.1. The Balaban J connectivity index is 1.58. The van der Waals surface area contributed by atoms with E-state index in [1.807, 2.05) is 18.2 Å². The zero-order valence-electron chi connectivity index (χ0n) is 12.4. The van der Waals surface area contributed by atoms with Gasteiger partial charge in [-0.2, -0.15) is 0 Å². The molecule has 0 bridgehead atoms. The molecule has 2 aliphatic rings. The van der Waals surface area contributed by atoms with Crippen LogP contribution in [0.2, 0.25) is 0 Å². The molecule has 0 amide bonds. The van der Waals surface area contributed by atoms with Gasteiger partial charge in [-0.1, -0.05) is 24.5 Å². The Labute approximate surface area is 124 Å². The average Bonchev–Trinajstić information content (AvgIpc) is 3.09. The number of fused-ring (bicyclic) bond motifs is 2. The molecule has 3 nitrogen and oxygen atoms in total. The number of furan rings is 1. The predicted molar refractivity (Wildman–Crippen MR) is 82.6 cm³/mol. The maximum absolute atomic E-state index is 12.7. The Bertz CT molecular complexity index is 674. The van der Waals surface area contributed by atoms with Gasteiger partial charge in [0.1, 0.15) is 5.58 Å². The smallest absolute Gasteiger partial charge is 0.214 e. The lowest BCUT2D eigenvalue weighted by Gasteiger charge is -2.24. The first-order chi connectivity index (χ1) is 10.2. The largest absolute Gasteiger partial charge is 0.453 e. The van der Waals surface area contributed by atoms with Gasteiger partial charge in [0.15, 0.2) is 5.76 Å². The van der Waals surface area contributed by atoms with Crippen LogP contribution in [0.3, 0.4) is 0 Å². The molecule has 2 fully saturated rings. The molecule has 1 saturated carbocycles. The van der Waals surface area contributed by atoms with Gasteiger partial charge >= 0.3 is 0 Å². The maximum Gasteiger partial charge on any atom is 0.214 e. The normalized spacial score (nSPS) is 28.7. The van der Waals surface area contributed by atoms with Gasteiger partial charge in [0.25, 0.3) is 0 Å². The molecular formula is C18H21NO2. The van der Waals surface area contributed by atoms with E-state index in [0.717, 1.165) is 17.4 Å². The van der Waals surface area contributed by atoms with Crippen molar-refractivity contribution in [1.29, 1.82) is 0 Å². The number of benzene rings is 1. The monoisotopic (exact) mass is 283 g/mol. The fourth-order valence-corrected chi connectivity index (χ4v) is 3.98. The van der Waals surface area contributed by atoms with Crippen LogP contribution in [-0.4, -0.2) is 17.9 Å². The summed E-state index contributed by atoms with van der Waals surface area (Å²) < 4.78 is 5.76. The van der Waals surface area contributed by atoms with Crippen molar-refractivity contribution in [3.8, 4) is 0 Å². The van der Waals surface area contributed by atoms with Gasteiger partial charge in [-0.05, 0) is 50.3 Å². The van der Waals surface area contributed by atoms with E-state index in [2.05, 4.69) is 18.3 Å². The van der Waals surface area contributed by atoms with Crippen molar-refractivity contribution in [1.82, 2.24) is 5.32 Å². The number of rotatable bonds is 2. The van der Waals surface area contributed by atoms with Gasteiger partial charge in [0, 0.05) is 11.4 Å². The van der Waals surface area contributed by atoms with Gasteiger partial charge in [0.05, 0.1) is 6.04 Å². The molecule has 2 aromatic rings. The van der Waals surface area contributed by atoms with E-state index >= 15 is 0 Å². The molecule has 0 spiro atoms. The number of Topliss-reactive ketones (excluding diaryl/α,β-unsaturated/α-hetero) is 1. The minimum Gasteiger partial charge on any atom is -0.453 e. The third-order valence-electron chi connectivity index (χ3n) is 5.09. The zero-order chi connectivity index (χ0) is 14.4. The first-order valence-electron chi connectivity index (χ1n) is 8.01. The fraction of sp³-hybridized carbons (Fsp3) is 0.500. The topological polar surface area (TPSA) is 42.2 Å². The van der Waals surface area contributed by atoms with Crippen LogP contribution in [0.4, 0.5) is 0 Å². The molecule has 21 heavy (non-hydrogen) atoms. The highest BCUT2D eigenvalue weighted by Gasteiger charge is 2.39. The fourth-order valence-electron chi connectivity index (χ4n) is 3.98. The number of nitrogens with one attached hydrogen (secondary N) is 1. The van der Waals surface area contributed by atoms with Crippen LogP contribution in [0, 0.1) is 12.8 Å². The zero-order valence-corrected chi connectivity index (χ0v) is 12.4. The molecule has 3 unspecified atom stereocenters. The highest BCUT2D eigenvalue weighted by molar-refractivity contribution is 6.01. The van der Waals surface area contributed by atoms with E-state index in [1.54, 1.807) is 0 Å². The Morgan fingerprint density at radius 3 is 2.95 bits per heavy atom. The first-order valence-corrected chi connectivity index (χ1v) is 8.01. The van der Waals surface area contributed by atoms with Gasteiger partial charge in [-0.25, -0.2) is 0 Å². The summed E-state index contributed by atoms with van der Waals surface area (Å²) in [5.41, 5.74) is 1.99. The minimum absolute atomic E-state index is 0.0558. The molecule has 1 aromatic heterocycles. The van der Waals surface area contributed by atoms with E-state index in [-0.39, 0.29) is 11.8 Å². The molecule has 4 rings (SSSR count). The molecule has 3 atom stereocenters. The van der Waals surface area contributed by atoms with Crippen LogP contribution in [0.5, 0.6) is 0 Å². The Morgan fingerprint density at radius 2 is 2.10 bits per heavy atom. The number of carbonyl (C=O) groups excluding carboxylic acids is 1. The summed E-state index contributed by atoms with van der Waals surface area (Å²) in [4.78, 5) is 12.7. The second-order valence-corrected chi connectivity index (χ2v) is 6.62. The molecule has 3 heteroatoms. The second kappa shape index (κ2) is 4.99. The lowest BCUT2D eigenvalue weighted by molar-refractivity contribution is 0.0923. The number of hydrogen-bond donors (Lipinski definition) is 1. The molecular weight excluding hydrogens is 262 g/mol. The van der Waals surface area contributed by atoms with E-state index in [4.69, 9.17) is 4.42 Å². The van der Waals surface area contributed by atoms with E-state index in [1.165, 1.54) is 31.2 Å². The number of carbonyl (C=O) groups is 1. The standard InChI is InChI=1S/C18H21NO2/c1-11-6-7-16-13(8-11)10-17(21-16)18(20)15-9-12-4-2-3-5-14(12)19-15/h6-8,10,12,14-15,19H,2-5,9H2,1H3. The predicted octanol–water partition coefficient (Wildman–Crippen LogP) is 3.84. The SMILES string of the molecule is Cc1ccc2oc(C(=O)C3CC4CCCCC4N3)cc2c1. The van der Waals surface area contributed by atoms with Crippen LogP contribution >= 0.6 is 0 Å². The number of hydrogen-bond acceptors (Lipinski definition) is 3. The summed E-state index contributed by atoms with van der Waals surface area (Å²) in [5.74, 6) is 1.31. The molecule has 1 aromatic carbocycles. The molecule has 1 aliphatic carbocycles. The van der Waals surface area contributed by atoms with Crippen molar-refractivity contribution in [3.63, 3.8) is 0 Å². The van der Waals surface area contributed by atoms with Crippen LogP contribution in [0.1, 0.15) is 48.2 Å². The Hall–Kier alpha value is -1.61. The molecule has 1 saturated heterocycles. The second-order valence-electron chi connectivity index (χ2n) is 6.62. The van der Waals surface area contributed by atoms with Gasteiger partial charge < -0.3 is 9.73 Å². The van der Waals surface area contributed by atoms with Gasteiger partial charge in [-0.15, -0.1) is 0 Å². The van der Waals surface area contributed by atoms with Crippen molar-refractivity contribution >= 4 is 16.8 Å². The number of ketones is 1. The minimum atomic E-state index is -0.0558. The van der Waals surface area contributed by atoms with E-state index < -0.39 is 0 Å². The van der Waals surface area contributed by atoms with Gasteiger partial charge in [0.2, 0.25) is 5.78 Å². The molecule has 0 radical (unpaired) electrons. The maximum atomic E-state index is 12.7. The average molecular weight is 283 g/mol. The highest BCUT2D eigenvalue weighted by Crippen LogP contribution is 2.34. The van der Waals surface area contributed by atoms with Crippen LogP contribution < -0.4 is 5.32 Å². The Kier molecular flexibility index (Phi) is 3.11. The third kappa shape index (κ3) is 2.30. The van der Waals surface area contributed by atoms with E-state index in [9.17, 15) is 4.79 Å². The van der Waals surface area contributed by atoms with Crippen molar-refractivity contribution in [2.45, 2.75) is 51.1 Å². The van der Waals surface area contributed by atoms with E-state index in [0.29, 0.717) is 17.7 Å². The van der Waals surface area contributed by atoms with Crippen LogP contribution in [0.15, 0.2) is 28.7 Å². The summed E-state index contributed by atoms with van der Waals surface area (Å²) in [7, 11) is 0. The molecule has 2 heterocycles. The third-order valence-corrected chi connectivity index (χ3v) is 5.09. The number of aryl methyl sites for hydroxylation is 1. The summed E-state index contributed by atoms with van der Waals surface area (Å²) in [5, 5.41) is 4.56. The van der Waals surface area contributed by atoms with Crippen LogP contribution in [0.25, 0.3) is 11.0 Å². The highest BCUT2D eigenvalue weighted by atomic mass is 16.3. The summed E-state index contributed by atoms with van der Waals surface area (Å²) in [6.45, 7) is 2.05. The Morgan fingerprint density at radius 1 is 1.24 bits per heavy atom. The lowest BCUT2D eigenvalue weighted by Crippen LogP contribution is -2.37. The van der Waals surface area contributed by atoms with Crippen molar-refractivity contribution in [2.24, 2.45) is 5.92 Å². The van der Waals surface area contributed by atoms with Crippen molar-refractivity contribution in [2.75, 3.05) is 0 Å². The molecule has 1 aliphatic heterocycles. The quantitative estimate of drug-likeness (QED) is 0.851. The summed E-state index contributed by atoms with van der Waals surface area (Å²) >= 11 is 0.